The Hall–Kier alpha value is -3.86. The molecular weight excluding hydrogens is 608 g/mol. The van der Waals surface area contributed by atoms with Gasteiger partial charge in [-0.05, 0) is 135 Å². The first-order valence-electron chi connectivity index (χ1n) is 15.0. The molecule has 0 amide bonds. The van der Waals surface area contributed by atoms with Crippen LogP contribution in [0, 0.1) is 0 Å². The second kappa shape index (κ2) is 15.6. The van der Waals surface area contributed by atoms with Gasteiger partial charge in [-0.1, -0.05) is 0 Å². The van der Waals surface area contributed by atoms with E-state index in [9.17, 15) is 14.4 Å². The number of carbonyl (C=O) groups excluding carboxylic acids is 3. The van der Waals surface area contributed by atoms with Crippen molar-refractivity contribution in [3.8, 4) is 11.5 Å². The lowest BCUT2D eigenvalue weighted by molar-refractivity contribution is -0.340. The first kappa shape index (κ1) is 36.6. The first-order valence-corrected chi connectivity index (χ1v) is 16.2. The summed E-state index contributed by atoms with van der Waals surface area (Å²) in [5.74, 6) is -0.0378. The molecule has 3 rings (SSSR count). The fourth-order valence-corrected chi connectivity index (χ4v) is 5.94. The Kier molecular flexibility index (Phi) is 12.4. The predicted octanol–water partition coefficient (Wildman–Crippen LogP) is 7.15. The Balaban J connectivity index is 1.81. The summed E-state index contributed by atoms with van der Waals surface area (Å²) in [6, 6.07) is 22.4. The zero-order valence-electron chi connectivity index (χ0n) is 28.1. The van der Waals surface area contributed by atoms with Gasteiger partial charge in [0.25, 0.3) is 0 Å². The van der Waals surface area contributed by atoms with Crippen LogP contribution in [0.5, 0.6) is 11.5 Å². The van der Waals surface area contributed by atoms with Crippen LogP contribution in [0.25, 0.3) is 0 Å². The van der Waals surface area contributed by atoms with E-state index in [4.69, 9.17) is 28.7 Å². The molecule has 0 fully saturated rings. The van der Waals surface area contributed by atoms with Crippen LogP contribution in [0.15, 0.2) is 87.5 Å². The maximum absolute atomic E-state index is 12.7. The van der Waals surface area contributed by atoms with Crippen LogP contribution < -0.4 is 9.47 Å². The molecule has 9 nitrogen and oxygen atoms in total. The summed E-state index contributed by atoms with van der Waals surface area (Å²) >= 11 is 0. The molecule has 3 aromatic carbocycles. The summed E-state index contributed by atoms with van der Waals surface area (Å²) in [7, 11) is -0.584. The smallest absolute Gasteiger partial charge is 0.344 e. The lowest BCUT2D eigenvalue weighted by atomic mass is 10.1. The minimum atomic E-state index is -0.595. The van der Waals surface area contributed by atoms with E-state index >= 15 is 0 Å². The van der Waals surface area contributed by atoms with Gasteiger partial charge in [-0.25, -0.2) is 19.4 Å². The molecule has 0 aliphatic carbocycles. The molecule has 0 saturated carbocycles. The number of ketones is 1. The van der Waals surface area contributed by atoms with E-state index in [1.165, 1.54) is 0 Å². The first-order chi connectivity index (χ1) is 21.4. The number of ether oxygens (including phenoxy) is 4. The van der Waals surface area contributed by atoms with Crippen LogP contribution in [0.2, 0.25) is 0 Å². The number of hydrogen-bond acceptors (Lipinski definition) is 9. The molecule has 0 atom stereocenters. The van der Waals surface area contributed by atoms with Crippen LogP contribution >= 0.6 is 0 Å². The second-order valence-electron chi connectivity index (χ2n) is 13.4. The van der Waals surface area contributed by atoms with Gasteiger partial charge in [-0.2, -0.15) is 0 Å². The Morgan fingerprint density at radius 3 is 1.24 bits per heavy atom. The van der Waals surface area contributed by atoms with Crippen molar-refractivity contribution in [2.24, 2.45) is 0 Å². The van der Waals surface area contributed by atoms with Gasteiger partial charge in [0, 0.05) is 5.56 Å². The van der Waals surface area contributed by atoms with E-state index in [1.54, 1.807) is 53.7 Å². The molecule has 248 valence electrons. The molecule has 0 heterocycles. The summed E-state index contributed by atoms with van der Waals surface area (Å²) in [6.45, 7) is 15.7. The number of esters is 2. The molecule has 0 unspecified atom stereocenters. The van der Waals surface area contributed by atoms with Crippen molar-refractivity contribution in [1.82, 2.24) is 0 Å². The van der Waals surface area contributed by atoms with E-state index in [-0.39, 0.29) is 25.6 Å². The molecule has 0 aromatic heterocycles. The Bertz CT molecular complexity index is 1370. The van der Waals surface area contributed by atoms with E-state index in [0.717, 1.165) is 14.7 Å². The van der Waals surface area contributed by atoms with Crippen molar-refractivity contribution in [3.63, 3.8) is 0 Å². The third-order valence-corrected chi connectivity index (χ3v) is 7.81. The molecular formula is C36H45O9S+. The average molecular weight is 654 g/mol. The maximum atomic E-state index is 12.7. The minimum Gasteiger partial charge on any atom is -0.482 e. The van der Waals surface area contributed by atoms with Crippen LogP contribution in [0.1, 0.15) is 72.7 Å². The number of Topliss-reactive ketones (excluding diaryl/α,β-unsaturated/α-hetero) is 1. The van der Waals surface area contributed by atoms with Crippen LogP contribution in [-0.4, -0.2) is 54.3 Å². The van der Waals surface area contributed by atoms with Gasteiger partial charge in [0.1, 0.15) is 29.3 Å². The highest BCUT2D eigenvalue weighted by Gasteiger charge is 2.29. The van der Waals surface area contributed by atoms with Crippen LogP contribution in [0.3, 0.4) is 0 Å². The predicted molar refractivity (Wildman–Crippen MR) is 175 cm³/mol. The highest BCUT2D eigenvalue weighted by molar-refractivity contribution is 7.97. The van der Waals surface area contributed by atoms with Gasteiger partial charge in [0.15, 0.2) is 33.7 Å². The Morgan fingerprint density at radius 2 is 0.891 bits per heavy atom. The fraction of sp³-hybridized carbons (Fsp3) is 0.417. The molecule has 0 bridgehead atoms. The van der Waals surface area contributed by atoms with Crippen molar-refractivity contribution in [3.05, 3.63) is 78.4 Å². The number of benzene rings is 3. The van der Waals surface area contributed by atoms with Gasteiger partial charge >= 0.3 is 11.9 Å². The van der Waals surface area contributed by atoms with Crippen LogP contribution in [0.4, 0.5) is 0 Å². The highest BCUT2D eigenvalue weighted by atomic mass is 32.2. The van der Waals surface area contributed by atoms with Gasteiger partial charge in [-0.3, -0.25) is 4.79 Å². The maximum Gasteiger partial charge on any atom is 0.344 e. The second-order valence-corrected chi connectivity index (χ2v) is 15.4. The summed E-state index contributed by atoms with van der Waals surface area (Å²) < 4.78 is 22.0. The third-order valence-electron chi connectivity index (χ3n) is 5.58. The van der Waals surface area contributed by atoms with Gasteiger partial charge in [0.2, 0.25) is 0 Å². The molecule has 0 saturated heterocycles. The largest absolute Gasteiger partial charge is 0.482 e. The average Bonchev–Trinajstić information content (AvgIpc) is 2.94. The lowest BCUT2D eigenvalue weighted by Gasteiger charge is -2.19. The quantitative estimate of drug-likeness (QED) is 0.0625. The van der Waals surface area contributed by atoms with E-state index in [1.807, 2.05) is 81.4 Å². The lowest BCUT2D eigenvalue weighted by Crippen LogP contribution is -2.27. The Morgan fingerprint density at radius 1 is 0.522 bits per heavy atom. The monoisotopic (exact) mass is 653 g/mol. The zero-order chi connectivity index (χ0) is 34.1. The molecule has 0 aliphatic rings. The summed E-state index contributed by atoms with van der Waals surface area (Å²) in [5, 5.41) is 0. The van der Waals surface area contributed by atoms with Gasteiger partial charge in [0.05, 0.1) is 16.5 Å². The summed E-state index contributed by atoms with van der Waals surface area (Å²) in [5.41, 5.74) is -1.21. The fourth-order valence-electron chi connectivity index (χ4n) is 3.90. The molecule has 0 aliphatic heterocycles. The van der Waals surface area contributed by atoms with Crippen molar-refractivity contribution in [2.45, 2.75) is 93.8 Å². The number of hydrogen-bond donors (Lipinski definition) is 0. The molecule has 0 N–H and O–H groups in total. The third kappa shape index (κ3) is 12.9. The molecule has 0 spiro atoms. The van der Waals surface area contributed by atoms with Gasteiger partial charge < -0.3 is 18.9 Å². The topological polar surface area (TPSA) is 107 Å². The summed E-state index contributed by atoms with van der Waals surface area (Å²) in [6.07, 6.45) is 0. The van der Waals surface area contributed by atoms with E-state index in [0.29, 0.717) is 17.1 Å². The van der Waals surface area contributed by atoms with Crippen molar-refractivity contribution < 1.29 is 43.1 Å². The molecule has 10 heteroatoms. The number of rotatable bonds is 13. The molecule has 0 radical (unpaired) electrons. The number of carbonyl (C=O) groups is 3. The van der Waals surface area contributed by atoms with Crippen LogP contribution in [-0.2, 0) is 39.7 Å². The Labute approximate surface area is 274 Å². The minimum absolute atomic E-state index is 0.197. The van der Waals surface area contributed by atoms with Crippen molar-refractivity contribution in [1.29, 1.82) is 0 Å². The molecule has 46 heavy (non-hydrogen) atoms. The van der Waals surface area contributed by atoms with Gasteiger partial charge in [-0.15, -0.1) is 0 Å². The normalized spacial score (nSPS) is 12.0. The van der Waals surface area contributed by atoms with Crippen molar-refractivity contribution in [2.75, 3.05) is 19.8 Å². The van der Waals surface area contributed by atoms with E-state index < -0.39 is 39.6 Å². The zero-order valence-corrected chi connectivity index (χ0v) is 28.9. The van der Waals surface area contributed by atoms with Crippen molar-refractivity contribution >= 4 is 28.6 Å². The van der Waals surface area contributed by atoms with E-state index in [2.05, 4.69) is 0 Å². The standard InChI is InChI=1S/C36H45O9S/c1-34(2,3)43-32(38)23-40-26-12-18-29(19-13-26)46(28-16-10-25(11-17-28)31(37)22-42-45-36(7,8)9)30-20-14-27(15-21-30)41-24-33(39)44-35(4,5)6/h10-21H,22-24H2,1-9H3/q+1. The summed E-state index contributed by atoms with van der Waals surface area (Å²) in [4.78, 5) is 50.2. The SMILES string of the molecule is CC(C)(C)OOCC(=O)c1ccc([S+](c2ccc(OCC(=O)OC(C)(C)C)cc2)c2ccc(OCC(=O)OC(C)(C)C)cc2)cc1. The molecule has 3 aromatic rings. The highest BCUT2D eigenvalue weighted by Crippen LogP contribution is 2.33.